The van der Waals surface area contributed by atoms with E-state index in [1.54, 1.807) is 7.05 Å². The molecule has 2 rings (SSSR count). The van der Waals surface area contributed by atoms with Gasteiger partial charge in [-0.3, -0.25) is 9.48 Å². The number of rotatable bonds is 3. The molecular weight excluding hydrogens is 248 g/mol. The maximum absolute atomic E-state index is 12.0. The molecule has 1 amide bonds. The Kier molecular flexibility index (Phi) is 3.84. The van der Waals surface area contributed by atoms with E-state index >= 15 is 0 Å². The first-order valence-electron chi connectivity index (χ1n) is 6.34. The van der Waals surface area contributed by atoms with Gasteiger partial charge in [0.2, 0.25) is 0 Å². The summed E-state index contributed by atoms with van der Waals surface area (Å²) in [7, 11) is 3.69. The highest BCUT2D eigenvalue weighted by molar-refractivity contribution is 6.02. The molecule has 0 radical (unpaired) electrons. The molecule has 0 unspecified atom stereocenters. The number of aryl methyl sites for hydroxylation is 1. The summed E-state index contributed by atoms with van der Waals surface area (Å²) < 4.78 is 1.30. The minimum absolute atomic E-state index is 0.0752. The molecule has 1 aromatic rings. The highest BCUT2D eigenvalue weighted by Gasteiger charge is 2.24. The van der Waals surface area contributed by atoms with E-state index in [9.17, 15) is 14.7 Å². The second-order valence-corrected chi connectivity index (χ2v) is 5.06. The molecule has 0 aromatic carbocycles. The summed E-state index contributed by atoms with van der Waals surface area (Å²) in [6, 6.07) is 0.0906. The number of aromatic carboxylic acids is 1. The Morgan fingerprint density at radius 2 is 2.11 bits per heavy atom. The van der Waals surface area contributed by atoms with E-state index in [4.69, 9.17) is 0 Å². The number of carbonyl (C=O) groups excluding carboxylic acids is 2. The van der Waals surface area contributed by atoms with Crippen molar-refractivity contribution in [1.29, 1.82) is 0 Å². The van der Waals surface area contributed by atoms with Gasteiger partial charge in [0.05, 0.1) is 26.1 Å². The molecule has 1 saturated heterocycles. The molecule has 1 aliphatic heterocycles. The topological polar surface area (TPSA) is 91.5 Å². The molecule has 1 aromatic heterocycles. The molecule has 104 valence electrons. The fourth-order valence-corrected chi connectivity index (χ4v) is 2.31. The largest absolute Gasteiger partial charge is 0.545 e. The Hall–Kier alpha value is -1.89. The highest BCUT2D eigenvalue weighted by Crippen LogP contribution is 2.07. The van der Waals surface area contributed by atoms with E-state index in [1.807, 2.05) is 0 Å². The van der Waals surface area contributed by atoms with Gasteiger partial charge in [0.1, 0.15) is 0 Å². The molecule has 2 N–H and O–H groups in total. The number of hydrogen-bond acceptors (Lipinski definition) is 4. The van der Waals surface area contributed by atoms with Gasteiger partial charge in [-0.05, 0) is 0 Å². The number of carbonyl (C=O) groups is 2. The van der Waals surface area contributed by atoms with Gasteiger partial charge in [-0.25, -0.2) is 0 Å². The molecule has 0 atom stereocenters. The maximum Gasteiger partial charge on any atom is 0.272 e. The van der Waals surface area contributed by atoms with Crippen LogP contribution in [0, 0.1) is 0 Å². The van der Waals surface area contributed by atoms with Crippen LogP contribution < -0.4 is 15.3 Å². The molecule has 0 aliphatic carbocycles. The van der Waals surface area contributed by atoms with Gasteiger partial charge in [-0.1, -0.05) is 0 Å². The van der Waals surface area contributed by atoms with Gasteiger partial charge >= 0.3 is 0 Å². The van der Waals surface area contributed by atoms with E-state index < -0.39 is 11.9 Å². The summed E-state index contributed by atoms with van der Waals surface area (Å²) in [5.74, 6) is -1.82. The van der Waals surface area contributed by atoms with Crippen LogP contribution in [-0.2, 0) is 7.05 Å². The van der Waals surface area contributed by atoms with Crippen LogP contribution in [0.2, 0.25) is 0 Å². The zero-order valence-corrected chi connectivity index (χ0v) is 11.1. The molecule has 7 heteroatoms. The number of carboxylic acids is 1. The van der Waals surface area contributed by atoms with Crippen molar-refractivity contribution >= 4 is 11.9 Å². The van der Waals surface area contributed by atoms with E-state index in [0.29, 0.717) is 0 Å². The van der Waals surface area contributed by atoms with Gasteiger partial charge < -0.3 is 20.1 Å². The number of hydrogen-bond donors (Lipinski definition) is 2. The number of aromatic nitrogens is 2. The lowest BCUT2D eigenvalue weighted by Crippen LogP contribution is -3.10. The van der Waals surface area contributed by atoms with Crippen LogP contribution in [0.3, 0.4) is 0 Å². The monoisotopic (exact) mass is 266 g/mol. The minimum Gasteiger partial charge on any atom is -0.545 e. The lowest BCUT2D eigenvalue weighted by atomic mass is 10.1. The van der Waals surface area contributed by atoms with E-state index in [1.165, 1.54) is 15.8 Å². The third-order valence-electron chi connectivity index (χ3n) is 3.44. The summed E-state index contributed by atoms with van der Waals surface area (Å²) in [4.78, 5) is 24.4. The standard InChI is InChI=1S/C12H18N4O3/c1-15-5-3-8(4-6-15)13-11(17)10-9(12(18)19)7-16(2)14-10/h7-8H,3-6H2,1-2H3,(H,13,17)(H,18,19). The normalized spacial score (nSPS) is 23.1. The van der Waals surface area contributed by atoms with Crippen LogP contribution in [0.15, 0.2) is 6.20 Å². The summed E-state index contributed by atoms with van der Waals surface area (Å²) in [5.41, 5.74) is -0.243. The average Bonchev–Trinajstić information content (AvgIpc) is 2.74. The predicted molar refractivity (Wildman–Crippen MR) is 64.6 cm³/mol. The maximum atomic E-state index is 12.0. The van der Waals surface area contributed by atoms with Crippen molar-refractivity contribution in [2.75, 3.05) is 20.1 Å². The lowest BCUT2D eigenvalue weighted by molar-refractivity contribution is -0.884. The van der Waals surface area contributed by atoms with Crippen LogP contribution in [0.4, 0.5) is 0 Å². The first kappa shape index (κ1) is 13.5. The molecule has 0 bridgehead atoms. The molecule has 7 nitrogen and oxygen atoms in total. The Balaban J connectivity index is 2.06. The minimum atomic E-state index is -1.38. The third-order valence-corrected chi connectivity index (χ3v) is 3.44. The fourth-order valence-electron chi connectivity index (χ4n) is 2.31. The number of nitrogens with zero attached hydrogens (tertiary/aromatic N) is 2. The van der Waals surface area contributed by atoms with Gasteiger partial charge in [-0.2, -0.15) is 5.10 Å². The Morgan fingerprint density at radius 1 is 1.47 bits per heavy atom. The number of amides is 1. The Morgan fingerprint density at radius 3 is 2.68 bits per heavy atom. The van der Waals surface area contributed by atoms with Crippen molar-refractivity contribution in [3.63, 3.8) is 0 Å². The van der Waals surface area contributed by atoms with Crippen LogP contribution in [0.1, 0.15) is 33.7 Å². The van der Waals surface area contributed by atoms with Crippen LogP contribution >= 0.6 is 0 Å². The number of piperidine rings is 1. The SMILES string of the molecule is Cn1cc(C(=O)[O-])c(C(=O)NC2CC[NH+](C)CC2)n1. The van der Waals surface area contributed by atoms with Gasteiger partial charge in [0.15, 0.2) is 5.69 Å². The molecular formula is C12H18N4O3. The quantitative estimate of drug-likeness (QED) is 0.618. The smallest absolute Gasteiger partial charge is 0.272 e. The summed E-state index contributed by atoms with van der Waals surface area (Å²) in [6.07, 6.45) is 3.07. The Labute approximate surface area is 111 Å². The first-order valence-corrected chi connectivity index (χ1v) is 6.34. The molecule has 19 heavy (non-hydrogen) atoms. The number of quaternary nitrogens is 1. The van der Waals surface area contributed by atoms with Gasteiger partial charge in [-0.15, -0.1) is 0 Å². The zero-order chi connectivity index (χ0) is 14.0. The summed E-state index contributed by atoms with van der Waals surface area (Å²) in [5, 5.41) is 17.7. The summed E-state index contributed by atoms with van der Waals surface area (Å²) in [6.45, 7) is 2.00. The zero-order valence-electron chi connectivity index (χ0n) is 11.1. The second kappa shape index (κ2) is 5.40. The number of likely N-dealkylation sites (tertiary alicyclic amines) is 1. The van der Waals surface area contributed by atoms with Crippen molar-refractivity contribution in [2.45, 2.75) is 18.9 Å². The molecule has 1 aliphatic rings. The number of nitrogens with one attached hydrogen (secondary N) is 2. The van der Waals surface area contributed by atoms with Crippen molar-refractivity contribution in [3.8, 4) is 0 Å². The van der Waals surface area contributed by atoms with Crippen LogP contribution in [0.25, 0.3) is 0 Å². The summed E-state index contributed by atoms with van der Waals surface area (Å²) >= 11 is 0. The van der Waals surface area contributed by atoms with Gasteiger partial charge in [0, 0.05) is 37.7 Å². The second-order valence-electron chi connectivity index (χ2n) is 5.06. The predicted octanol–water partition coefficient (Wildman–Crippen LogP) is -2.81. The van der Waals surface area contributed by atoms with Crippen LogP contribution in [0.5, 0.6) is 0 Å². The van der Waals surface area contributed by atoms with Crippen molar-refractivity contribution < 1.29 is 19.6 Å². The van der Waals surface area contributed by atoms with Crippen molar-refractivity contribution in [1.82, 2.24) is 15.1 Å². The van der Waals surface area contributed by atoms with E-state index in [0.717, 1.165) is 25.9 Å². The van der Waals surface area contributed by atoms with Crippen molar-refractivity contribution in [2.24, 2.45) is 7.05 Å². The molecule has 0 saturated carbocycles. The van der Waals surface area contributed by atoms with E-state index in [2.05, 4.69) is 17.5 Å². The fraction of sp³-hybridized carbons (Fsp3) is 0.583. The highest BCUT2D eigenvalue weighted by atomic mass is 16.4. The molecule has 2 heterocycles. The van der Waals surface area contributed by atoms with Crippen molar-refractivity contribution in [3.05, 3.63) is 17.5 Å². The van der Waals surface area contributed by atoms with E-state index in [-0.39, 0.29) is 17.3 Å². The van der Waals surface area contributed by atoms with Gasteiger partial charge in [0.25, 0.3) is 5.91 Å². The average molecular weight is 266 g/mol. The number of carboxylic acid groups (broad SMARTS) is 1. The molecule has 0 spiro atoms. The van der Waals surface area contributed by atoms with Crippen LogP contribution in [-0.4, -0.2) is 47.8 Å². The molecule has 1 fully saturated rings. The third kappa shape index (κ3) is 3.11. The lowest BCUT2D eigenvalue weighted by Gasteiger charge is -2.26. The first-order chi connectivity index (χ1) is 8.97. The Bertz CT molecular complexity index is 489.